The third-order valence-corrected chi connectivity index (χ3v) is 4.01. The molecule has 1 atom stereocenters. The SMILES string of the molecule is CC(C)c1nc(CC2CCOC2)sc1C(=O)O. The first-order valence-corrected chi connectivity index (χ1v) is 6.70. The van der Waals surface area contributed by atoms with Crippen molar-refractivity contribution in [2.24, 2.45) is 5.92 Å². The first-order chi connectivity index (χ1) is 8.08. The first-order valence-electron chi connectivity index (χ1n) is 5.88. The lowest BCUT2D eigenvalue weighted by Crippen LogP contribution is -2.03. The van der Waals surface area contributed by atoms with Crippen LogP contribution in [0.5, 0.6) is 0 Å². The highest BCUT2D eigenvalue weighted by Crippen LogP contribution is 2.28. The molecule has 2 heterocycles. The van der Waals surface area contributed by atoms with E-state index in [4.69, 9.17) is 9.84 Å². The second-order valence-electron chi connectivity index (χ2n) is 4.72. The molecule has 1 aromatic heterocycles. The van der Waals surface area contributed by atoms with Crippen molar-refractivity contribution in [3.8, 4) is 0 Å². The van der Waals surface area contributed by atoms with Gasteiger partial charge in [-0.25, -0.2) is 9.78 Å². The predicted molar refractivity (Wildman–Crippen MR) is 65.8 cm³/mol. The zero-order chi connectivity index (χ0) is 12.4. The van der Waals surface area contributed by atoms with Crippen molar-refractivity contribution in [1.29, 1.82) is 0 Å². The maximum Gasteiger partial charge on any atom is 0.347 e. The number of rotatable bonds is 4. The average molecular weight is 255 g/mol. The zero-order valence-corrected chi connectivity index (χ0v) is 10.9. The second-order valence-corrected chi connectivity index (χ2v) is 5.80. The monoisotopic (exact) mass is 255 g/mol. The lowest BCUT2D eigenvalue weighted by Gasteiger charge is -2.03. The summed E-state index contributed by atoms with van der Waals surface area (Å²) < 4.78 is 5.32. The van der Waals surface area contributed by atoms with Crippen LogP contribution in [-0.2, 0) is 11.2 Å². The number of aromatic carboxylic acids is 1. The standard InChI is InChI=1S/C12H17NO3S/c1-7(2)10-11(12(14)15)17-9(13-10)5-8-3-4-16-6-8/h7-8H,3-6H2,1-2H3,(H,14,15). The quantitative estimate of drug-likeness (QED) is 0.898. The molecule has 5 heteroatoms. The molecule has 0 aromatic carbocycles. The molecule has 0 spiro atoms. The molecule has 1 aromatic rings. The Balaban J connectivity index is 2.17. The molecule has 0 saturated carbocycles. The normalized spacial score (nSPS) is 20.1. The number of hydrogen-bond acceptors (Lipinski definition) is 4. The van der Waals surface area contributed by atoms with Crippen LogP contribution in [0, 0.1) is 5.92 Å². The van der Waals surface area contributed by atoms with Crippen LogP contribution < -0.4 is 0 Å². The molecule has 4 nitrogen and oxygen atoms in total. The number of ether oxygens (including phenoxy) is 1. The molecule has 0 amide bonds. The molecule has 94 valence electrons. The van der Waals surface area contributed by atoms with Crippen LogP contribution in [-0.4, -0.2) is 29.3 Å². The van der Waals surface area contributed by atoms with E-state index in [1.807, 2.05) is 13.8 Å². The summed E-state index contributed by atoms with van der Waals surface area (Å²) in [7, 11) is 0. The number of carboxylic acid groups (broad SMARTS) is 1. The van der Waals surface area contributed by atoms with Crippen molar-refractivity contribution in [3.63, 3.8) is 0 Å². The maximum absolute atomic E-state index is 11.1. The second kappa shape index (κ2) is 5.14. The number of nitrogens with zero attached hydrogens (tertiary/aromatic N) is 1. The molecular formula is C12H17NO3S. The van der Waals surface area contributed by atoms with Gasteiger partial charge in [-0.3, -0.25) is 0 Å². The van der Waals surface area contributed by atoms with E-state index in [1.54, 1.807) is 0 Å². The fourth-order valence-corrected chi connectivity index (χ4v) is 3.17. The molecule has 1 aliphatic rings. The summed E-state index contributed by atoms with van der Waals surface area (Å²) >= 11 is 1.32. The van der Waals surface area contributed by atoms with Gasteiger partial charge in [0, 0.05) is 19.6 Å². The Morgan fingerprint density at radius 3 is 2.88 bits per heavy atom. The molecule has 17 heavy (non-hydrogen) atoms. The van der Waals surface area contributed by atoms with E-state index in [0.29, 0.717) is 10.8 Å². The Bertz CT molecular complexity index is 408. The van der Waals surface area contributed by atoms with Gasteiger partial charge >= 0.3 is 5.97 Å². The number of carboxylic acids is 1. The van der Waals surface area contributed by atoms with E-state index in [0.717, 1.165) is 36.8 Å². The molecule has 0 bridgehead atoms. The average Bonchev–Trinajstić information content (AvgIpc) is 2.86. The number of carbonyl (C=O) groups is 1. The summed E-state index contributed by atoms with van der Waals surface area (Å²) in [4.78, 5) is 16.0. The minimum absolute atomic E-state index is 0.158. The summed E-state index contributed by atoms with van der Waals surface area (Å²) in [6.45, 7) is 5.55. The van der Waals surface area contributed by atoms with E-state index in [1.165, 1.54) is 11.3 Å². The van der Waals surface area contributed by atoms with Gasteiger partial charge in [0.05, 0.1) is 10.7 Å². The lowest BCUT2D eigenvalue weighted by atomic mass is 10.1. The maximum atomic E-state index is 11.1. The molecule has 1 unspecified atom stereocenters. The fourth-order valence-electron chi connectivity index (χ4n) is 2.00. The van der Waals surface area contributed by atoms with Gasteiger partial charge < -0.3 is 9.84 Å². The Morgan fingerprint density at radius 1 is 1.65 bits per heavy atom. The van der Waals surface area contributed by atoms with Gasteiger partial charge in [-0.05, 0) is 18.3 Å². The van der Waals surface area contributed by atoms with Crippen LogP contribution >= 0.6 is 11.3 Å². The Hall–Kier alpha value is -0.940. The van der Waals surface area contributed by atoms with Gasteiger partial charge in [-0.2, -0.15) is 0 Å². The molecule has 1 saturated heterocycles. The highest BCUT2D eigenvalue weighted by molar-refractivity contribution is 7.13. The summed E-state index contributed by atoms with van der Waals surface area (Å²) in [6, 6.07) is 0. The summed E-state index contributed by atoms with van der Waals surface area (Å²) in [6.07, 6.45) is 1.90. The lowest BCUT2D eigenvalue weighted by molar-refractivity contribution is 0.0700. The predicted octanol–water partition coefficient (Wildman–Crippen LogP) is 2.54. The van der Waals surface area contributed by atoms with Crippen LogP contribution in [0.4, 0.5) is 0 Å². The van der Waals surface area contributed by atoms with Crippen LogP contribution in [0.3, 0.4) is 0 Å². The van der Waals surface area contributed by atoms with E-state index in [-0.39, 0.29) is 5.92 Å². The van der Waals surface area contributed by atoms with Crippen LogP contribution in [0.25, 0.3) is 0 Å². The molecular weight excluding hydrogens is 238 g/mol. The smallest absolute Gasteiger partial charge is 0.347 e. The van der Waals surface area contributed by atoms with E-state index in [9.17, 15) is 4.79 Å². The van der Waals surface area contributed by atoms with Crippen molar-refractivity contribution >= 4 is 17.3 Å². The first kappa shape index (κ1) is 12.5. The molecule has 1 aliphatic heterocycles. The van der Waals surface area contributed by atoms with Crippen LogP contribution in [0.15, 0.2) is 0 Å². The topological polar surface area (TPSA) is 59.4 Å². The van der Waals surface area contributed by atoms with Crippen molar-refractivity contribution < 1.29 is 14.6 Å². The van der Waals surface area contributed by atoms with E-state index in [2.05, 4.69) is 4.98 Å². The van der Waals surface area contributed by atoms with Gasteiger partial charge in [0.25, 0.3) is 0 Å². The molecule has 1 fully saturated rings. The minimum atomic E-state index is -0.861. The van der Waals surface area contributed by atoms with Gasteiger partial charge in [0.15, 0.2) is 0 Å². The third kappa shape index (κ3) is 2.84. The van der Waals surface area contributed by atoms with Crippen LogP contribution in [0.2, 0.25) is 0 Å². The number of thiazole rings is 1. The van der Waals surface area contributed by atoms with Gasteiger partial charge in [0.2, 0.25) is 0 Å². The van der Waals surface area contributed by atoms with E-state index < -0.39 is 5.97 Å². The van der Waals surface area contributed by atoms with Crippen molar-refractivity contribution in [1.82, 2.24) is 4.98 Å². The summed E-state index contributed by atoms with van der Waals surface area (Å²) in [5.74, 6) is -0.200. The number of aromatic nitrogens is 1. The van der Waals surface area contributed by atoms with Gasteiger partial charge in [-0.1, -0.05) is 13.8 Å². The van der Waals surface area contributed by atoms with Gasteiger partial charge in [0.1, 0.15) is 4.88 Å². The summed E-state index contributed by atoms with van der Waals surface area (Å²) in [5, 5.41) is 10.1. The van der Waals surface area contributed by atoms with Crippen molar-refractivity contribution in [3.05, 3.63) is 15.6 Å². The Kier molecular flexibility index (Phi) is 3.79. The Labute approximate surface area is 105 Å². The van der Waals surface area contributed by atoms with Crippen molar-refractivity contribution in [2.75, 3.05) is 13.2 Å². The summed E-state index contributed by atoms with van der Waals surface area (Å²) in [5.41, 5.74) is 0.719. The van der Waals surface area contributed by atoms with Crippen LogP contribution in [0.1, 0.15) is 46.6 Å². The Morgan fingerprint density at radius 2 is 2.41 bits per heavy atom. The highest BCUT2D eigenvalue weighted by atomic mass is 32.1. The zero-order valence-electron chi connectivity index (χ0n) is 10.1. The molecule has 1 N–H and O–H groups in total. The third-order valence-electron chi connectivity index (χ3n) is 2.93. The number of hydrogen-bond donors (Lipinski definition) is 1. The van der Waals surface area contributed by atoms with Crippen molar-refractivity contribution in [2.45, 2.75) is 32.6 Å². The minimum Gasteiger partial charge on any atom is -0.477 e. The molecule has 2 rings (SSSR count). The van der Waals surface area contributed by atoms with Gasteiger partial charge in [-0.15, -0.1) is 11.3 Å². The largest absolute Gasteiger partial charge is 0.477 e. The van der Waals surface area contributed by atoms with E-state index >= 15 is 0 Å². The molecule has 0 aliphatic carbocycles. The highest BCUT2D eigenvalue weighted by Gasteiger charge is 2.23. The fraction of sp³-hybridized carbons (Fsp3) is 0.667. The molecule has 0 radical (unpaired) electrons.